The van der Waals surface area contributed by atoms with Crippen molar-refractivity contribution in [1.29, 1.82) is 0 Å². The first-order valence-corrected chi connectivity index (χ1v) is 1.53. The monoisotopic (exact) mass is 169 g/mol. The van der Waals surface area contributed by atoms with Crippen LogP contribution in [0.5, 0.6) is 0 Å². The van der Waals surface area contributed by atoms with E-state index in [1.165, 1.54) is 0 Å². The number of aliphatic carboxylic acids is 1. The molecular weight excluding hydrogens is 164 g/mol. The number of hydrogen-bond donors (Lipinski definition) is 1. The quantitative estimate of drug-likeness (QED) is 0.436. The standard InChI is InChI=1S/C3H6O3.2Ca/c1-2(4)3(5)6;;/h2,4H,1H3,(H,5,6);;/q;2*+2/p-1. The molecule has 0 radical (unpaired) electrons. The van der Waals surface area contributed by atoms with Gasteiger partial charge in [-0.3, -0.25) is 0 Å². The normalized spacial score (nSPS) is 10.2. The molecule has 0 aliphatic carbocycles. The molecule has 1 unspecified atom stereocenters. The van der Waals surface area contributed by atoms with Crippen LogP contribution in [0.2, 0.25) is 0 Å². The van der Waals surface area contributed by atoms with Crippen LogP contribution >= 0.6 is 0 Å². The molecule has 0 aromatic carbocycles. The maximum absolute atomic E-state index is 9.34. The summed E-state index contributed by atoms with van der Waals surface area (Å²) in [4.78, 5) is 9.34. The first kappa shape index (κ1) is 16.5. The summed E-state index contributed by atoms with van der Waals surface area (Å²) >= 11 is 0. The third kappa shape index (κ3) is 10.8. The van der Waals surface area contributed by atoms with E-state index in [9.17, 15) is 9.90 Å². The van der Waals surface area contributed by atoms with Gasteiger partial charge in [-0.2, -0.15) is 0 Å². The summed E-state index contributed by atoms with van der Waals surface area (Å²) < 4.78 is 0. The van der Waals surface area contributed by atoms with Gasteiger partial charge in [0.1, 0.15) is 0 Å². The van der Waals surface area contributed by atoms with Crippen LogP contribution < -0.4 is 5.11 Å². The van der Waals surface area contributed by atoms with Crippen molar-refractivity contribution in [2.24, 2.45) is 0 Å². The molecule has 0 fully saturated rings. The maximum atomic E-state index is 9.34. The zero-order valence-electron chi connectivity index (χ0n) is 4.76. The number of carboxylic acids is 1. The largest absolute Gasteiger partial charge is 2.00 e. The molecule has 0 heterocycles. The predicted molar refractivity (Wildman–Crippen MR) is 28.2 cm³/mol. The topological polar surface area (TPSA) is 60.4 Å². The minimum Gasteiger partial charge on any atom is -0.547 e. The first-order valence-electron chi connectivity index (χ1n) is 1.53. The second-order valence-electron chi connectivity index (χ2n) is 0.995. The van der Waals surface area contributed by atoms with Crippen LogP contribution in [-0.4, -0.2) is 92.7 Å². The molecule has 0 saturated carbocycles. The van der Waals surface area contributed by atoms with Crippen molar-refractivity contribution in [3.05, 3.63) is 0 Å². The molecule has 0 aliphatic heterocycles. The molecule has 0 aromatic heterocycles. The molecule has 1 N–H and O–H groups in total. The van der Waals surface area contributed by atoms with Crippen molar-refractivity contribution in [3.63, 3.8) is 0 Å². The van der Waals surface area contributed by atoms with Gasteiger partial charge in [-0.15, -0.1) is 0 Å². The number of aliphatic hydroxyl groups is 1. The smallest absolute Gasteiger partial charge is 0.547 e. The van der Waals surface area contributed by atoms with E-state index in [0.29, 0.717) is 0 Å². The number of rotatable bonds is 1. The Morgan fingerprint density at radius 3 is 1.75 bits per heavy atom. The summed E-state index contributed by atoms with van der Waals surface area (Å²) in [5.41, 5.74) is 0. The minimum absolute atomic E-state index is 0. The summed E-state index contributed by atoms with van der Waals surface area (Å²) in [5.74, 6) is -1.44. The number of carbonyl (C=O) groups excluding carboxylic acids is 1. The van der Waals surface area contributed by atoms with Gasteiger partial charge in [-0.05, 0) is 6.92 Å². The SMILES string of the molecule is CC(O)C(=O)[O-].[Ca+2].[Ca+2]. The van der Waals surface area contributed by atoms with Gasteiger partial charge in [-0.1, -0.05) is 0 Å². The van der Waals surface area contributed by atoms with Crippen LogP contribution in [0.25, 0.3) is 0 Å². The number of carbonyl (C=O) groups is 1. The molecular formula is C3H5Ca2O3+3. The fourth-order valence-corrected chi connectivity index (χ4v) is 0. The molecule has 36 valence electrons. The Balaban J connectivity index is -0.000000125. The van der Waals surface area contributed by atoms with Crippen molar-refractivity contribution in [2.75, 3.05) is 0 Å². The van der Waals surface area contributed by atoms with Crippen molar-refractivity contribution in [3.8, 4) is 0 Å². The zero-order chi connectivity index (χ0) is 5.15. The molecule has 0 spiro atoms. The van der Waals surface area contributed by atoms with E-state index >= 15 is 0 Å². The molecule has 8 heavy (non-hydrogen) atoms. The summed E-state index contributed by atoms with van der Waals surface area (Å²) in [6.07, 6.45) is -1.34. The van der Waals surface area contributed by atoms with E-state index in [1.807, 2.05) is 0 Å². The third-order valence-electron chi connectivity index (χ3n) is 0.341. The molecule has 0 saturated heterocycles. The second kappa shape index (κ2) is 8.95. The van der Waals surface area contributed by atoms with Gasteiger partial charge < -0.3 is 15.0 Å². The molecule has 0 amide bonds. The van der Waals surface area contributed by atoms with Crippen molar-refractivity contribution in [1.82, 2.24) is 0 Å². The summed E-state index contributed by atoms with van der Waals surface area (Å²) in [6, 6.07) is 0. The Morgan fingerprint density at radius 2 is 1.75 bits per heavy atom. The number of carboxylic acid groups (broad SMARTS) is 1. The fraction of sp³-hybridized carbons (Fsp3) is 0.667. The van der Waals surface area contributed by atoms with Crippen molar-refractivity contribution in [2.45, 2.75) is 13.0 Å². The zero-order valence-corrected chi connectivity index (χ0v) is 9.17. The Labute approximate surface area is 107 Å². The van der Waals surface area contributed by atoms with Crippen LogP contribution in [0.4, 0.5) is 0 Å². The Kier molecular flexibility index (Phi) is 18.5. The minimum atomic E-state index is -1.44. The van der Waals surface area contributed by atoms with E-state index in [2.05, 4.69) is 0 Å². The van der Waals surface area contributed by atoms with Gasteiger partial charge in [0.15, 0.2) is 0 Å². The van der Waals surface area contributed by atoms with E-state index in [-0.39, 0.29) is 75.5 Å². The van der Waals surface area contributed by atoms with Gasteiger partial charge in [0.05, 0.1) is 12.1 Å². The van der Waals surface area contributed by atoms with Gasteiger partial charge in [0, 0.05) is 0 Å². The number of hydrogen-bond acceptors (Lipinski definition) is 3. The van der Waals surface area contributed by atoms with Crippen LogP contribution in [0, 0.1) is 0 Å². The summed E-state index contributed by atoms with van der Waals surface area (Å²) in [6.45, 7) is 1.13. The summed E-state index contributed by atoms with van der Waals surface area (Å²) in [7, 11) is 0. The molecule has 0 aromatic rings. The van der Waals surface area contributed by atoms with Crippen LogP contribution in [0.3, 0.4) is 0 Å². The predicted octanol–water partition coefficient (Wildman–Crippen LogP) is -2.64. The van der Waals surface area contributed by atoms with Crippen molar-refractivity contribution < 1.29 is 15.0 Å². The van der Waals surface area contributed by atoms with Crippen molar-refractivity contribution >= 4 is 81.4 Å². The van der Waals surface area contributed by atoms with Crippen LogP contribution in [0.1, 0.15) is 6.92 Å². The molecule has 3 nitrogen and oxygen atoms in total. The van der Waals surface area contributed by atoms with Gasteiger partial charge in [-0.25, -0.2) is 0 Å². The first-order chi connectivity index (χ1) is 2.64. The summed E-state index contributed by atoms with van der Waals surface area (Å²) in [5, 5.41) is 17.3. The fourth-order valence-electron chi connectivity index (χ4n) is 0. The van der Waals surface area contributed by atoms with E-state index in [0.717, 1.165) is 6.92 Å². The van der Waals surface area contributed by atoms with Gasteiger partial charge >= 0.3 is 75.5 Å². The van der Waals surface area contributed by atoms with Crippen LogP contribution in [-0.2, 0) is 4.79 Å². The molecule has 0 aliphatic rings. The average molecular weight is 169 g/mol. The van der Waals surface area contributed by atoms with Crippen LogP contribution in [0.15, 0.2) is 0 Å². The Hall–Kier alpha value is 1.95. The van der Waals surface area contributed by atoms with E-state index < -0.39 is 12.1 Å². The molecule has 5 heteroatoms. The Morgan fingerprint density at radius 1 is 1.62 bits per heavy atom. The van der Waals surface area contributed by atoms with Gasteiger partial charge in [0.2, 0.25) is 0 Å². The van der Waals surface area contributed by atoms with E-state index in [1.54, 1.807) is 0 Å². The molecule has 0 bridgehead atoms. The van der Waals surface area contributed by atoms with Gasteiger partial charge in [0.25, 0.3) is 0 Å². The molecule has 1 atom stereocenters. The van der Waals surface area contributed by atoms with E-state index in [4.69, 9.17) is 5.11 Å². The maximum Gasteiger partial charge on any atom is 2.00 e. The molecule has 0 rings (SSSR count). The average Bonchev–Trinajstić information content (AvgIpc) is 1.36. The second-order valence-corrected chi connectivity index (χ2v) is 0.995. The Bertz CT molecular complexity index is 63.5. The third-order valence-corrected chi connectivity index (χ3v) is 0.341. The number of aliphatic hydroxyl groups excluding tert-OH is 1.